The number of carbonyl (C=O) groups is 1. The van der Waals surface area contributed by atoms with E-state index in [1.165, 1.54) is 4.57 Å². The van der Waals surface area contributed by atoms with Gasteiger partial charge in [-0.15, -0.1) is 0 Å². The number of fused-ring (bicyclic) bond motifs is 1. The van der Waals surface area contributed by atoms with Crippen LogP contribution in [0, 0.1) is 0 Å². The Morgan fingerprint density at radius 2 is 2.05 bits per heavy atom. The van der Waals surface area contributed by atoms with Crippen LogP contribution in [0.25, 0.3) is 10.8 Å². The molecule has 5 heteroatoms. The molecule has 1 aromatic heterocycles. The predicted octanol–water partition coefficient (Wildman–Crippen LogP) is 1.37. The normalized spacial score (nSPS) is 20.5. The van der Waals surface area contributed by atoms with E-state index in [0.717, 1.165) is 5.39 Å². The van der Waals surface area contributed by atoms with Gasteiger partial charge in [0, 0.05) is 18.1 Å². The molecule has 116 valence electrons. The van der Waals surface area contributed by atoms with Crippen LogP contribution in [0.3, 0.4) is 0 Å². The third kappa shape index (κ3) is 2.31. The van der Waals surface area contributed by atoms with Gasteiger partial charge in [-0.1, -0.05) is 18.2 Å². The summed E-state index contributed by atoms with van der Waals surface area (Å²) < 4.78 is 1.44. The van der Waals surface area contributed by atoms with Crippen molar-refractivity contribution in [2.24, 2.45) is 0 Å². The summed E-state index contributed by atoms with van der Waals surface area (Å²) in [5.74, 6) is -0.140. The highest BCUT2D eigenvalue weighted by molar-refractivity contribution is 5.82. The standard InChI is InChI=1S/C17H20N2O3/c1-17(2)14(20)8-10-19(17)15(21)11-18-9-7-12-5-3-4-6-13(12)16(18)22/h3-7,9,14,20H,8,10-11H2,1-2H3. The van der Waals surface area contributed by atoms with Crippen molar-refractivity contribution in [2.45, 2.75) is 38.5 Å². The van der Waals surface area contributed by atoms with Gasteiger partial charge < -0.3 is 14.6 Å². The summed E-state index contributed by atoms with van der Waals surface area (Å²) in [7, 11) is 0. The molecule has 1 amide bonds. The molecule has 1 atom stereocenters. The van der Waals surface area contributed by atoms with Crippen LogP contribution in [0.15, 0.2) is 41.3 Å². The van der Waals surface area contributed by atoms with Crippen molar-refractivity contribution in [1.29, 1.82) is 0 Å². The van der Waals surface area contributed by atoms with E-state index in [0.29, 0.717) is 18.4 Å². The molecule has 0 saturated carbocycles. The van der Waals surface area contributed by atoms with Crippen LogP contribution in [0.1, 0.15) is 20.3 Å². The SMILES string of the molecule is CC1(C)C(O)CCN1C(=O)Cn1ccc2ccccc2c1=O. The minimum Gasteiger partial charge on any atom is -0.391 e. The molecule has 0 aliphatic carbocycles. The summed E-state index contributed by atoms with van der Waals surface area (Å²) in [6, 6.07) is 9.18. The first-order valence-corrected chi connectivity index (χ1v) is 7.48. The highest BCUT2D eigenvalue weighted by Gasteiger charge is 2.42. The van der Waals surface area contributed by atoms with Gasteiger partial charge in [-0.05, 0) is 37.8 Å². The number of pyridine rings is 1. The van der Waals surface area contributed by atoms with Gasteiger partial charge in [-0.25, -0.2) is 0 Å². The Morgan fingerprint density at radius 1 is 1.32 bits per heavy atom. The third-order valence-electron chi connectivity index (χ3n) is 4.63. The predicted molar refractivity (Wildman–Crippen MR) is 84.6 cm³/mol. The molecule has 0 bridgehead atoms. The molecule has 3 rings (SSSR count). The first-order chi connectivity index (χ1) is 10.4. The van der Waals surface area contributed by atoms with Gasteiger partial charge in [0.1, 0.15) is 6.54 Å². The average Bonchev–Trinajstić information content (AvgIpc) is 2.76. The molecule has 0 radical (unpaired) electrons. The molecule has 1 saturated heterocycles. The fraction of sp³-hybridized carbons (Fsp3) is 0.412. The average molecular weight is 300 g/mol. The first kappa shape index (κ1) is 14.8. The lowest BCUT2D eigenvalue weighted by molar-refractivity contribution is -0.136. The summed E-state index contributed by atoms with van der Waals surface area (Å²) in [6.45, 7) is 4.23. The minimum atomic E-state index is -0.586. The molecule has 22 heavy (non-hydrogen) atoms. The van der Waals surface area contributed by atoms with Crippen molar-refractivity contribution in [3.8, 4) is 0 Å². The number of carbonyl (C=O) groups excluding carboxylic acids is 1. The summed E-state index contributed by atoms with van der Waals surface area (Å²) in [5, 5.41) is 11.5. The van der Waals surface area contributed by atoms with Gasteiger partial charge in [-0.2, -0.15) is 0 Å². The second kappa shape index (κ2) is 5.25. The van der Waals surface area contributed by atoms with E-state index in [9.17, 15) is 14.7 Å². The van der Waals surface area contributed by atoms with Crippen LogP contribution in [0.4, 0.5) is 0 Å². The van der Waals surface area contributed by atoms with Gasteiger partial charge in [0.25, 0.3) is 5.56 Å². The second-order valence-corrected chi connectivity index (χ2v) is 6.34. The van der Waals surface area contributed by atoms with E-state index < -0.39 is 11.6 Å². The maximum atomic E-state index is 12.5. The monoisotopic (exact) mass is 300 g/mol. The Bertz CT molecular complexity index is 779. The highest BCUT2D eigenvalue weighted by atomic mass is 16.3. The molecule has 1 unspecified atom stereocenters. The second-order valence-electron chi connectivity index (χ2n) is 6.34. The lowest BCUT2D eigenvalue weighted by atomic mass is 9.99. The number of likely N-dealkylation sites (tertiary alicyclic amines) is 1. The molecular weight excluding hydrogens is 280 g/mol. The minimum absolute atomic E-state index is 0.000181. The summed E-state index contributed by atoms with van der Waals surface area (Å²) in [6.07, 6.45) is 1.71. The zero-order chi connectivity index (χ0) is 15.9. The number of aromatic nitrogens is 1. The molecule has 2 heterocycles. The van der Waals surface area contributed by atoms with Crippen molar-refractivity contribution < 1.29 is 9.90 Å². The molecule has 1 aliphatic heterocycles. The van der Waals surface area contributed by atoms with Crippen LogP contribution < -0.4 is 5.56 Å². The van der Waals surface area contributed by atoms with E-state index in [2.05, 4.69) is 0 Å². The molecule has 1 N–H and O–H groups in total. The molecule has 1 fully saturated rings. The molecule has 2 aromatic rings. The number of aliphatic hydroxyl groups excluding tert-OH is 1. The summed E-state index contributed by atoms with van der Waals surface area (Å²) >= 11 is 0. The molecule has 0 spiro atoms. The van der Waals surface area contributed by atoms with Gasteiger partial charge in [0.05, 0.1) is 11.6 Å². The molecule has 1 aliphatic rings. The Kier molecular flexibility index (Phi) is 3.53. The number of benzene rings is 1. The fourth-order valence-electron chi connectivity index (χ4n) is 3.10. The summed E-state index contributed by atoms with van der Waals surface area (Å²) in [4.78, 5) is 26.6. The number of hydrogen-bond acceptors (Lipinski definition) is 3. The fourth-order valence-corrected chi connectivity index (χ4v) is 3.10. The number of rotatable bonds is 2. The highest BCUT2D eigenvalue weighted by Crippen LogP contribution is 2.28. The van der Waals surface area contributed by atoms with Gasteiger partial charge in [0.15, 0.2) is 0 Å². The Balaban J connectivity index is 1.89. The van der Waals surface area contributed by atoms with Gasteiger partial charge in [-0.3, -0.25) is 9.59 Å². The van der Waals surface area contributed by atoms with Crippen molar-refractivity contribution in [3.05, 3.63) is 46.9 Å². The van der Waals surface area contributed by atoms with Crippen LogP contribution >= 0.6 is 0 Å². The van der Waals surface area contributed by atoms with Gasteiger partial charge >= 0.3 is 0 Å². The van der Waals surface area contributed by atoms with E-state index in [1.807, 2.05) is 38.1 Å². The summed E-state index contributed by atoms with van der Waals surface area (Å²) in [5.41, 5.74) is -0.749. The van der Waals surface area contributed by atoms with E-state index in [4.69, 9.17) is 0 Å². The Labute approximate surface area is 128 Å². The van der Waals surface area contributed by atoms with Crippen LogP contribution in [0.2, 0.25) is 0 Å². The van der Waals surface area contributed by atoms with E-state index >= 15 is 0 Å². The zero-order valence-corrected chi connectivity index (χ0v) is 12.8. The lowest BCUT2D eigenvalue weighted by Crippen LogP contribution is -2.49. The van der Waals surface area contributed by atoms with Crippen molar-refractivity contribution in [3.63, 3.8) is 0 Å². The van der Waals surface area contributed by atoms with Crippen LogP contribution in [-0.2, 0) is 11.3 Å². The topological polar surface area (TPSA) is 62.5 Å². The Morgan fingerprint density at radius 3 is 2.73 bits per heavy atom. The molecule has 5 nitrogen and oxygen atoms in total. The third-order valence-corrected chi connectivity index (χ3v) is 4.63. The Hall–Kier alpha value is -2.14. The maximum absolute atomic E-state index is 12.5. The maximum Gasteiger partial charge on any atom is 0.258 e. The molecular formula is C17H20N2O3. The zero-order valence-electron chi connectivity index (χ0n) is 12.8. The van der Waals surface area contributed by atoms with Crippen molar-refractivity contribution in [2.75, 3.05) is 6.54 Å². The van der Waals surface area contributed by atoms with Crippen molar-refractivity contribution in [1.82, 2.24) is 9.47 Å². The molecule has 1 aromatic carbocycles. The largest absolute Gasteiger partial charge is 0.391 e. The van der Waals surface area contributed by atoms with Crippen LogP contribution in [-0.4, -0.2) is 38.7 Å². The van der Waals surface area contributed by atoms with Crippen molar-refractivity contribution >= 4 is 16.7 Å². The number of amides is 1. The van der Waals surface area contributed by atoms with E-state index in [-0.39, 0.29) is 18.0 Å². The number of nitrogens with zero attached hydrogens (tertiary/aromatic N) is 2. The number of aliphatic hydroxyl groups is 1. The van der Waals surface area contributed by atoms with Crippen LogP contribution in [0.5, 0.6) is 0 Å². The van der Waals surface area contributed by atoms with Gasteiger partial charge in [0.2, 0.25) is 5.91 Å². The van der Waals surface area contributed by atoms with E-state index in [1.54, 1.807) is 17.2 Å². The lowest BCUT2D eigenvalue weighted by Gasteiger charge is -2.34. The first-order valence-electron chi connectivity index (χ1n) is 7.48. The quantitative estimate of drug-likeness (QED) is 0.911. The smallest absolute Gasteiger partial charge is 0.258 e. The number of hydrogen-bond donors (Lipinski definition) is 1.